The third kappa shape index (κ3) is 17.1. The quantitative estimate of drug-likeness (QED) is 0.0928. The van der Waals surface area contributed by atoms with Crippen LogP contribution < -0.4 is 4.72 Å². The molecule has 10 aromatic rings. The molecule has 13 nitrogen and oxygen atoms in total. The van der Waals surface area contributed by atoms with Crippen LogP contribution in [0, 0.1) is 29.1 Å². The highest BCUT2D eigenvalue weighted by Crippen LogP contribution is 2.31. The topological polar surface area (TPSA) is 193 Å². The van der Waals surface area contributed by atoms with Gasteiger partial charge in [0.2, 0.25) is 15.8 Å². The number of hydrogen-bond acceptors (Lipinski definition) is 12. The molecule has 5 aliphatic heterocycles. The number of alkyl halides is 2. The fourth-order valence-corrected chi connectivity index (χ4v) is 12.8. The normalized spacial score (nSPS) is 13.5. The lowest BCUT2D eigenvalue weighted by Gasteiger charge is -2.09. The van der Waals surface area contributed by atoms with Crippen molar-refractivity contribution in [2.45, 2.75) is 64.3 Å². The van der Waals surface area contributed by atoms with Crippen LogP contribution in [0.15, 0.2) is 242 Å². The van der Waals surface area contributed by atoms with E-state index in [0.29, 0.717) is 67.7 Å². The van der Waals surface area contributed by atoms with E-state index in [1.807, 2.05) is 24.3 Å². The number of nitrogens with zero attached hydrogens (tertiary/aromatic N) is 5. The van der Waals surface area contributed by atoms with Gasteiger partial charge in [-0.15, -0.1) is 0 Å². The first-order valence-electron chi connectivity index (χ1n) is 31.3. The molecule has 0 aliphatic carbocycles. The van der Waals surface area contributed by atoms with E-state index < -0.39 is 31.6 Å². The Hall–Kier alpha value is -11.2. The van der Waals surface area contributed by atoms with Gasteiger partial charge in [-0.2, -0.15) is 8.78 Å². The SMILES string of the molecule is CC(=O)c1ccc(C2=NCc3cc(F)ccc32)cc1.CC(=O)c1ccc(C2=NCc3cc(F)ccc32)cc1.CC(F)(F)C(=O)c1ccc(C2=NCc3cc(F)ccc32)cc1.CS(=O)(=O)Nc1ccc(C2=NCc3cc(F)ccc32)cc1.CS(=O)(=O)c1ccc(C2=NCc3cc(F)ccc32)cc1. The van der Waals surface area contributed by atoms with E-state index in [2.05, 4.69) is 29.7 Å². The van der Waals surface area contributed by atoms with Gasteiger partial charge in [0.1, 0.15) is 29.1 Å². The number of ketones is 3. The molecule has 0 saturated carbocycles. The van der Waals surface area contributed by atoms with E-state index in [0.717, 1.165) is 107 Å². The van der Waals surface area contributed by atoms with E-state index in [9.17, 15) is 62.0 Å². The van der Waals surface area contributed by atoms with Gasteiger partial charge in [0.15, 0.2) is 21.4 Å². The van der Waals surface area contributed by atoms with Crippen molar-refractivity contribution in [3.63, 3.8) is 0 Å². The van der Waals surface area contributed by atoms with Gasteiger partial charge in [-0.1, -0.05) is 97.1 Å². The summed E-state index contributed by atoms with van der Waals surface area (Å²) in [5, 5.41) is 0. The third-order valence-electron chi connectivity index (χ3n) is 16.6. The Labute approximate surface area is 578 Å². The molecule has 0 saturated heterocycles. The van der Waals surface area contributed by atoms with E-state index in [4.69, 9.17) is 0 Å². The Balaban J connectivity index is 0.000000127. The number of fused-ring (bicyclic) bond motifs is 5. The number of nitrogens with one attached hydrogen (secondary N) is 1. The van der Waals surface area contributed by atoms with Crippen molar-refractivity contribution in [2.24, 2.45) is 25.0 Å². The van der Waals surface area contributed by atoms with Crippen molar-refractivity contribution in [3.8, 4) is 0 Å². The molecule has 0 radical (unpaired) electrons. The third-order valence-corrected chi connectivity index (χ3v) is 18.4. The van der Waals surface area contributed by atoms with Crippen LogP contribution in [0.2, 0.25) is 0 Å². The second kappa shape index (κ2) is 29.7. The molecule has 0 fully saturated rings. The van der Waals surface area contributed by atoms with E-state index in [1.54, 1.807) is 129 Å². The van der Waals surface area contributed by atoms with Gasteiger partial charge in [0, 0.05) is 91.2 Å². The predicted octanol–water partition coefficient (Wildman–Crippen LogP) is 15.9. The molecule has 0 bridgehead atoms. The molecule has 5 aliphatic rings. The van der Waals surface area contributed by atoms with Crippen LogP contribution in [-0.2, 0) is 52.6 Å². The minimum atomic E-state index is -3.39. The molecular formula is C79H61F7N6O7S2. The zero-order valence-corrected chi connectivity index (χ0v) is 56.4. The van der Waals surface area contributed by atoms with Crippen LogP contribution in [0.5, 0.6) is 0 Å². The van der Waals surface area contributed by atoms with Crippen LogP contribution in [-0.4, -0.2) is 81.2 Å². The van der Waals surface area contributed by atoms with E-state index in [1.165, 1.54) is 79.1 Å². The molecule has 22 heteroatoms. The molecule has 1 N–H and O–H groups in total. The maximum Gasteiger partial charge on any atom is 0.307 e. The highest BCUT2D eigenvalue weighted by Gasteiger charge is 2.33. The average Bonchev–Trinajstić information content (AvgIpc) is 1.77. The number of sulfone groups is 1. The Morgan fingerprint density at radius 2 is 0.594 bits per heavy atom. The summed E-state index contributed by atoms with van der Waals surface area (Å²) in [6.07, 6.45) is 2.28. The molecule has 0 spiro atoms. The monoisotopic (exact) mass is 1400 g/mol. The van der Waals surface area contributed by atoms with Crippen LogP contribution in [0.4, 0.5) is 36.4 Å². The fraction of sp³-hybridized carbons (Fsp3) is 0.139. The number of carbonyl (C=O) groups is 3. The maximum atomic E-state index is 13.2. The number of halogens is 7. The summed E-state index contributed by atoms with van der Waals surface area (Å²) < 4.78 is 139. The van der Waals surface area contributed by atoms with Crippen LogP contribution in [0.25, 0.3) is 0 Å². The molecule has 0 amide bonds. The summed E-state index contributed by atoms with van der Waals surface area (Å²) in [5.41, 5.74) is 19.0. The predicted molar refractivity (Wildman–Crippen MR) is 377 cm³/mol. The van der Waals surface area contributed by atoms with E-state index in [-0.39, 0.29) is 51.1 Å². The summed E-state index contributed by atoms with van der Waals surface area (Å²) in [7, 11) is -6.48. The molecule has 10 aromatic carbocycles. The number of benzene rings is 10. The zero-order chi connectivity index (χ0) is 72.1. The molecule has 0 atom stereocenters. The van der Waals surface area contributed by atoms with Gasteiger partial charge in [-0.3, -0.25) is 44.1 Å². The first-order chi connectivity index (χ1) is 48.0. The summed E-state index contributed by atoms with van der Waals surface area (Å²) >= 11 is 0. The van der Waals surface area contributed by atoms with Crippen molar-refractivity contribution in [1.29, 1.82) is 0 Å². The molecule has 0 unspecified atom stereocenters. The summed E-state index contributed by atoms with van der Waals surface area (Å²) in [5.74, 6) is -5.84. The van der Waals surface area contributed by atoms with Crippen LogP contribution >= 0.6 is 0 Å². The zero-order valence-electron chi connectivity index (χ0n) is 54.8. The van der Waals surface area contributed by atoms with Gasteiger partial charge in [0.25, 0.3) is 0 Å². The fourth-order valence-electron chi connectivity index (χ4n) is 11.6. The molecule has 0 aromatic heterocycles. The minimum absolute atomic E-state index is 0.0439. The Kier molecular flexibility index (Phi) is 20.9. The summed E-state index contributed by atoms with van der Waals surface area (Å²) in [6.45, 7) is 5.99. The highest BCUT2D eigenvalue weighted by molar-refractivity contribution is 7.92. The molecule has 5 heterocycles. The van der Waals surface area contributed by atoms with Crippen LogP contribution in [0.3, 0.4) is 0 Å². The standard InChI is InChI=1S/C17H12F3NO.2C16H12FNO.C15H13FN2O2S.C15H12FNO2S/c1-17(19,20)16(22)11-4-2-10(3-5-11)15-14-7-6-13(18)8-12(14)9-21-15;2*1-10(19)11-2-4-12(5-3-11)16-15-7-6-14(17)8-13(15)9-18-16;1-21(19,20)18-13-5-2-10(3-6-13)15-14-7-4-12(16)8-11(14)9-17-15;1-20(18,19)13-5-2-10(3-6-13)15-14-7-4-12(16)8-11(14)9-17-15/h2-8H,9H2,1H3;2*2-8H,9H2,1H3;2-8,18H,9H2,1H3;2-8H,9H2,1H3. The number of Topliss-reactive ketones (excluding diaryl/α,β-unsaturated/α-hetero) is 3. The second-order valence-corrected chi connectivity index (χ2v) is 27.9. The minimum Gasteiger partial charge on any atom is -0.295 e. The number of sulfonamides is 1. The van der Waals surface area contributed by atoms with Gasteiger partial charge in [-0.05, 0) is 157 Å². The molecule has 15 rings (SSSR count). The van der Waals surface area contributed by atoms with Crippen molar-refractivity contribution in [2.75, 3.05) is 17.2 Å². The smallest absolute Gasteiger partial charge is 0.295 e. The van der Waals surface area contributed by atoms with Crippen LogP contribution in [0.1, 0.15) is 135 Å². The lowest BCUT2D eigenvalue weighted by molar-refractivity contribution is 0.0221. The molecule has 510 valence electrons. The number of anilines is 1. The summed E-state index contributed by atoms with van der Waals surface area (Å²) in [6, 6.07) is 57.3. The Morgan fingerprint density at radius 1 is 0.356 bits per heavy atom. The first kappa shape index (κ1) is 71.1. The lowest BCUT2D eigenvalue weighted by Crippen LogP contribution is -2.24. The van der Waals surface area contributed by atoms with Gasteiger partial charge >= 0.3 is 5.92 Å². The lowest BCUT2D eigenvalue weighted by atomic mass is 9.98. The number of hydrogen-bond donors (Lipinski definition) is 1. The van der Waals surface area contributed by atoms with Gasteiger partial charge < -0.3 is 0 Å². The number of rotatable bonds is 12. The van der Waals surface area contributed by atoms with Crippen molar-refractivity contribution < 1.29 is 62.0 Å². The second-order valence-electron chi connectivity index (χ2n) is 24.1. The summed E-state index contributed by atoms with van der Waals surface area (Å²) in [4.78, 5) is 56.4. The number of aliphatic imine (C=N–C) groups is 5. The maximum absolute atomic E-state index is 13.2. The average molecular weight is 1400 g/mol. The van der Waals surface area contributed by atoms with E-state index >= 15 is 0 Å². The Bertz CT molecular complexity index is 5210. The first-order valence-corrected chi connectivity index (χ1v) is 35.1. The highest BCUT2D eigenvalue weighted by atomic mass is 32.2. The molecule has 101 heavy (non-hydrogen) atoms. The van der Waals surface area contributed by atoms with Crippen molar-refractivity contribution >= 4 is 71.5 Å². The molecular weight excluding hydrogens is 1340 g/mol. The van der Waals surface area contributed by atoms with Crippen molar-refractivity contribution in [1.82, 2.24) is 0 Å². The Morgan fingerprint density at radius 3 is 0.822 bits per heavy atom. The van der Waals surface area contributed by atoms with Crippen molar-refractivity contribution in [3.05, 3.63) is 342 Å². The van der Waals surface area contributed by atoms with Gasteiger partial charge in [0.05, 0.1) is 72.4 Å². The van der Waals surface area contributed by atoms with Gasteiger partial charge in [-0.25, -0.2) is 38.8 Å². The largest absolute Gasteiger partial charge is 0.307 e. The number of carbonyl (C=O) groups excluding carboxylic acids is 3.